The van der Waals surface area contributed by atoms with Gasteiger partial charge in [0.1, 0.15) is 9.79 Å². The van der Waals surface area contributed by atoms with Gasteiger partial charge in [-0.05, 0) is 0 Å². The van der Waals surface area contributed by atoms with Crippen LogP contribution in [0.4, 0.5) is 0 Å². The fraction of sp³-hybridized carbons (Fsp3) is 0. The van der Waals surface area contributed by atoms with Gasteiger partial charge in [0.05, 0.1) is 0 Å². The Morgan fingerprint density at radius 3 is 1.46 bits per heavy atom. The van der Waals surface area contributed by atoms with E-state index in [0.717, 1.165) is 22.1 Å². The molecule has 1 aromatic heterocycles. The van der Waals surface area contributed by atoms with E-state index < -0.39 is 29.8 Å². The molecule has 4 N–H and O–H groups in total. The van der Waals surface area contributed by atoms with Crippen molar-refractivity contribution in [1.29, 1.82) is 0 Å². The topological polar surface area (TPSA) is 120 Å². The molecule has 13 heavy (non-hydrogen) atoms. The summed E-state index contributed by atoms with van der Waals surface area (Å²) in [5.41, 5.74) is 0. The van der Waals surface area contributed by atoms with E-state index in [1.54, 1.807) is 0 Å². The number of nitrogens with two attached hydrogens (primary N) is 2. The first-order valence-electron chi connectivity index (χ1n) is 2.85. The van der Waals surface area contributed by atoms with E-state index in [-0.39, 0.29) is 0 Å². The van der Waals surface area contributed by atoms with Crippen LogP contribution in [0.1, 0.15) is 0 Å². The van der Waals surface area contributed by atoms with Gasteiger partial charge in [0, 0.05) is 10.8 Å². The molecule has 0 radical (unpaired) electrons. The highest BCUT2D eigenvalue weighted by Crippen LogP contribution is 2.22. The van der Waals surface area contributed by atoms with Gasteiger partial charge in [-0.2, -0.15) is 0 Å². The third kappa shape index (κ3) is 2.25. The van der Waals surface area contributed by atoms with Gasteiger partial charge in [-0.1, -0.05) is 0 Å². The molecule has 0 aliphatic heterocycles. The molecule has 0 unspecified atom stereocenters. The van der Waals surface area contributed by atoms with E-state index in [4.69, 9.17) is 10.3 Å². The zero-order chi connectivity index (χ0) is 10.3. The van der Waals surface area contributed by atoms with Crippen LogP contribution in [0.3, 0.4) is 0 Å². The SMILES string of the molecule is NS(=O)(=O)c1cscc1S(N)(=O)=O. The predicted octanol–water partition coefficient (Wildman–Crippen LogP) is -0.957. The largest absolute Gasteiger partial charge is 0.240 e. The van der Waals surface area contributed by atoms with Crippen molar-refractivity contribution in [3.8, 4) is 0 Å². The Hall–Kier alpha value is -0.480. The average molecular weight is 242 g/mol. The molecule has 0 saturated carbocycles. The molecule has 0 amide bonds. The van der Waals surface area contributed by atoms with Crippen molar-refractivity contribution >= 4 is 31.4 Å². The Morgan fingerprint density at radius 1 is 0.923 bits per heavy atom. The van der Waals surface area contributed by atoms with E-state index in [9.17, 15) is 16.8 Å². The van der Waals surface area contributed by atoms with Crippen molar-refractivity contribution < 1.29 is 16.8 Å². The minimum atomic E-state index is -4.02. The monoisotopic (exact) mass is 242 g/mol. The summed E-state index contributed by atoms with van der Waals surface area (Å²) in [6.45, 7) is 0. The first-order valence-corrected chi connectivity index (χ1v) is 6.88. The van der Waals surface area contributed by atoms with Crippen LogP contribution >= 0.6 is 11.3 Å². The Morgan fingerprint density at radius 2 is 1.23 bits per heavy atom. The van der Waals surface area contributed by atoms with E-state index >= 15 is 0 Å². The van der Waals surface area contributed by atoms with Crippen LogP contribution in [-0.2, 0) is 20.0 Å². The fourth-order valence-corrected chi connectivity index (χ4v) is 4.19. The number of rotatable bonds is 2. The third-order valence-electron chi connectivity index (χ3n) is 1.21. The molecule has 0 bridgehead atoms. The summed E-state index contributed by atoms with van der Waals surface area (Å²) in [7, 11) is -8.04. The van der Waals surface area contributed by atoms with E-state index in [0.29, 0.717) is 0 Å². The maximum atomic E-state index is 10.8. The molecule has 0 aliphatic carbocycles. The average Bonchev–Trinajstić information content (AvgIpc) is 2.27. The molecule has 6 nitrogen and oxygen atoms in total. The van der Waals surface area contributed by atoms with E-state index in [1.165, 1.54) is 0 Å². The molecule has 74 valence electrons. The number of thiophene rings is 1. The molecule has 0 spiro atoms. The molecular formula is C4H6N2O4S3. The molecule has 0 fully saturated rings. The first-order chi connectivity index (χ1) is 5.73. The molecule has 0 aromatic carbocycles. The molecular weight excluding hydrogens is 236 g/mol. The summed E-state index contributed by atoms with van der Waals surface area (Å²) in [4.78, 5) is -0.917. The highest BCUT2D eigenvalue weighted by molar-refractivity contribution is 7.92. The molecule has 1 rings (SSSR count). The maximum Gasteiger partial charge on any atom is 0.240 e. The minimum absolute atomic E-state index is 0.458. The lowest BCUT2D eigenvalue weighted by molar-refractivity contribution is 0.585. The first kappa shape index (κ1) is 10.6. The smallest absolute Gasteiger partial charge is 0.225 e. The van der Waals surface area contributed by atoms with Crippen LogP contribution in [0.2, 0.25) is 0 Å². The second-order valence-corrected chi connectivity index (χ2v) is 5.99. The van der Waals surface area contributed by atoms with Crippen molar-refractivity contribution in [2.75, 3.05) is 0 Å². The molecule has 9 heteroatoms. The van der Waals surface area contributed by atoms with Crippen molar-refractivity contribution in [3.63, 3.8) is 0 Å². The lowest BCUT2D eigenvalue weighted by Crippen LogP contribution is -2.18. The molecule has 0 aliphatic rings. The zero-order valence-corrected chi connectivity index (χ0v) is 8.62. The van der Waals surface area contributed by atoms with Crippen molar-refractivity contribution in [2.45, 2.75) is 9.79 Å². The van der Waals surface area contributed by atoms with Gasteiger partial charge >= 0.3 is 0 Å². The Bertz CT molecular complexity index is 465. The Labute approximate surface area is 79.3 Å². The van der Waals surface area contributed by atoms with Gasteiger partial charge < -0.3 is 0 Å². The summed E-state index contributed by atoms with van der Waals surface area (Å²) < 4.78 is 43.3. The standard InChI is InChI=1S/C4H6N2O4S3/c5-12(7,8)3-1-11-2-4(3)13(6,9)10/h1-2H,(H2,5,7,8)(H2,6,9,10). The van der Waals surface area contributed by atoms with E-state index in [2.05, 4.69) is 0 Å². The van der Waals surface area contributed by atoms with Gasteiger partial charge in [0.15, 0.2) is 0 Å². The number of primary sulfonamides is 2. The van der Waals surface area contributed by atoms with Crippen LogP contribution < -0.4 is 10.3 Å². The number of hydrogen-bond donors (Lipinski definition) is 2. The summed E-state index contributed by atoms with van der Waals surface area (Å²) in [6.07, 6.45) is 0. The normalized spacial score (nSPS) is 13.1. The summed E-state index contributed by atoms with van der Waals surface area (Å²) in [5.74, 6) is 0. The maximum absolute atomic E-state index is 10.8. The van der Waals surface area contributed by atoms with Crippen LogP contribution in [0, 0.1) is 0 Å². The van der Waals surface area contributed by atoms with Crippen LogP contribution in [0.15, 0.2) is 20.6 Å². The van der Waals surface area contributed by atoms with Crippen molar-refractivity contribution in [2.24, 2.45) is 10.3 Å². The van der Waals surface area contributed by atoms with Crippen molar-refractivity contribution in [3.05, 3.63) is 10.8 Å². The molecule has 1 heterocycles. The van der Waals surface area contributed by atoms with Crippen molar-refractivity contribution in [1.82, 2.24) is 0 Å². The molecule has 0 saturated heterocycles. The highest BCUT2D eigenvalue weighted by atomic mass is 32.2. The van der Waals surface area contributed by atoms with Gasteiger partial charge in [0.2, 0.25) is 20.0 Å². The van der Waals surface area contributed by atoms with Gasteiger partial charge in [-0.3, -0.25) is 0 Å². The Kier molecular flexibility index (Phi) is 2.47. The zero-order valence-electron chi connectivity index (χ0n) is 6.17. The lowest BCUT2D eigenvalue weighted by Gasteiger charge is -1.97. The summed E-state index contributed by atoms with van der Waals surface area (Å²) in [5, 5.41) is 11.8. The summed E-state index contributed by atoms with van der Waals surface area (Å²) >= 11 is 0.902. The summed E-state index contributed by atoms with van der Waals surface area (Å²) in [6, 6.07) is 0. The molecule has 0 atom stereocenters. The quantitative estimate of drug-likeness (QED) is 0.694. The predicted molar refractivity (Wildman–Crippen MR) is 47.1 cm³/mol. The van der Waals surface area contributed by atoms with Gasteiger partial charge in [0.25, 0.3) is 0 Å². The molecule has 1 aromatic rings. The fourth-order valence-electron chi connectivity index (χ4n) is 0.688. The van der Waals surface area contributed by atoms with Crippen LogP contribution in [-0.4, -0.2) is 16.8 Å². The lowest BCUT2D eigenvalue weighted by atomic mass is 10.7. The van der Waals surface area contributed by atoms with Gasteiger partial charge in [-0.15, -0.1) is 11.3 Å². The van der Waals surface area contributed by atoms with Crippen LogP contribution in [0.25, 0.3) is 0 Å². The number of sulfonamides is 2. The Balaban J connectivity index is 3.54. The highest BCUT2D eigenvalue weighted by Gasteiger charge is 2.22. The van der Waals surface area contributed by atoms with Crippen LogP contribution in [0.5, 0.6) is 0 Å². The minimum Gasteiger partial charge on any atom is -0.225 e. The van der Waals surface area contributed by atoms with Gasteiger partial charge in [-0.25, -0.2) is 27.1 Å². The number of hydrogen-bond acceptors (Lipinski definition) is 5. The second kappa shape index (κ2) is 3.03. The van der Waals surface area contributed by atoms with E-state index in [1.807, 2.05) is 0 Å². The third-order valence-corrected chi connectivity index (χ3v) is 4.28. The second-order valence-electron chi connectivity index (χ2n) is 2.19.